The van der Waals surface area contributed by atoms with Crippen LogP contribution < -0.4 is 10.5 Å². The van der Waals surface area contributed by atoms with Gasteiger partial charge >= 0.3 is 0 Å². The van der Waals surface area contributed by atoms with E-state index in [-0.39, 0.29) is 12.1 Å². The Bertz CT molecular complexity index is 404. The predicted molar refractivity (Wildman–Crippen MR) is 53.6 cm³/mol. The van der Waals surface area contributed by atoms with Gasteiger partial charge in [-0.25, -0.2) is 4.39 Å². The zero-order valence-electron chi connectivity index (χ0n) is 8.25. The smallest absolute Gasteiger partial charge is 0.183 e. The third-order valence-electron chi connectivity index (χ3n) is 2.49. The van der Waals surface area contributed by atoms with Crippen molar-refractivity contribution in [2.75, 3.05) is 13.2 Å². The Morgan fingerprint density at radius 3 is 3.07 bits per heavy atom. The molecule has 0 saturated heterocycles. The Morgan fingerprint density at radius 1 is 1.53 bits per heavy atom. The Labute approximate surface area is 87.0 Å². The highest BCUT2D eigenvalue weighted by molar-refractivity contribution is 6.00. The normalized spacial score (nSPS) is 14.3. The van der Waals surface area contributed by atoms with E-state index in [4.69, 9.17) is 10.5 Å². The van der Waals surface area contributed by atoms with Crippen LogP contribution in [0.2, 0.25) is 0 Å². The number of ketones is 1. The minimum Gasteiger partial charge on any atom is -0.492 e. The predicted octanol–water partition coefficient (Wildman–Crippen LogP) is 1.29. The summed E-state index contributed by atoms with van der Waals surface area (Å²) in [6, 6.07) is 2.97. The lowest BCUT2D eigenvalue weighted by molar-refractivity contribution is 0.0992. The Hall–Kier alpha value is -1.42. The summed E-state index contributed by atoms with van der Waals surface area (Å²) in [5.74, 6) is -0.575. The van der Waals surface area contributed by atoms with E-state index in [0.29, 0.717) is 12.4 Å². The molecule has 1 aromatic carbocycles. The van der Waals surface area contributed by atoms with Crippen LogP contribution in [0.5, 0.6) is 5.75 Å². The van der Waals surface area contributed by atoms with E-state index in [0.717, 1.165) is 18.4 Å². The average Bonchev–Trinajstić information content (AvgIpc) is 2.28. The number of fused-ring (bicyclic) bond motifs is 1. The molecule has 0 aromatic heterocycles. The third-order valence-corrected chi connectivity index (χ3v) is 2.49. The maximum atomic E-state index is 13.5. The van der Waals surface area contributed by atoms with E-state index in [1.807, 2.05) is 0 Å². The summed E-state index contributed by atoms with van der Waals surface area (Å²) in [4.78, 5) is 11.5. The maximum absolute atomic E-state index is 13.5. The fourth-order valence-corrected chi connectivity index (χ4v) is 1.76. The van der Waals surface area contributed by atoms with E-state index in [9.17, 15) is 9.18 Å². The first-order valence-corrected chi connectivity index (χ1v) is 4.91. The topological polar surface area (TPSA) is 52.3 Å². The number of rotatable bonds is 2. The van der Waals surface area contributed by atoms with Crippen LogP contribution >= 0.6 is 0 Å². The number of nitrogens with two attached hydrogens (primary N) is 1. The van der Waals surface area contributed by atoms with E-state index < -0.39 is 11.6 Å². The van der Waals surface area contributed by atoms with Gasteiger partial charge in [-0.3, -0.25) is 4.79 Å². The second-order valence-corrected chi connectivity index (χ2v) is 3.49. The van der Waals surface area contributed by atoms with Crippen molar-refractivity contribution in [3.8, 4) is 5.75 Å². The summed E-state index contributed by atoms with van der Waals surface area (Å²) >= 11 is 0. The summed E-state index contributed by atoms with van der Waals surface area (Å²) in [7, 11) is 0. The number of ether oxygens (including phenoxy) is 1. The lowest BCUT2D eigenvalue weighted by Crippen LogP contribution is -2.19. The average molecular weight is 209 g/mol. The van der Waals surface area contributed by atoms with Gasteiger partial charge in [0.25, 0.3) is 0 Å². The summed E-state index contributed by atoms with van der Waals surface area (Å²) in [6.45, 7) is 0.331. The highest BCUT2D eigenvalue weighted by Crippen LogP contribution is 2.30. The molecule has 0 fully saturated rings. The van der Waals surface area contributed by atoms with E-state index in [1.165, 1.54) is 6.07 Å². The standard InChI is InChI=1S/C11H12FNO2/c12-8-4-3-7-2-1-5-15-11(7)10(8)9(14)6-13/h3-4H,1-2,5-6,13H2. The Kier molecular flexibility index (Phi) is 2.68. The Balaban J connectivity index is 2.55. The molecule has 3 nitrogen and oxygen atoms in total. The zero-order chi connectivity index (χ0) is 10.8. The lowest BCUT2D eigenvalue weighted by atomic mass is 9.99. The molecule has 2 rings (SSSR count). The van der Waals surface area contributed by atoms with Gasteiger partial charge < -0.3 is 10.5 Å². The van der Waals surface area contributed by atoms with Crippen LogP contribution in [0.15, 0.2) is 12.1 Å². The molecule has 80 valence electrons. The van der Waals surface area contributed by atoms with Crippen molar-refractivity contribution in [1.29, 1.82) is 0 Å². The molecule has 0 unspecified atom stereocenters. The Morgan fingerprint density at radius 2 is 2.33 bits per heavy atom. The minimum absolute atomic E-state index is 0.00898. The largest absolute Gasteiger partial charge is 0.492 e. The van der Waals surface area contributed by atoms with Crippen LogP contribution in [0.4, 0.5) is 4.39 Å². The van der Waals surface area contributed by atoms with E-state index in [1.54, 1.807) is 6.07 Å². The van der Waals surface area contributed by atoms with Gasteiger partial charge in [0.2, 0.25) is 0 Å². The number of Topliss-reactive ketones (excluding diaryl/α,β-unsaturated/α-hetero) is 1. The number of halogens is 1. The van der Waals surface area contributed by atoms with Crippen molar-refractivity contribution in [1.82, 2.24) is 0 Å². The van der Waals surface area contributed by atoms with Gasteiger partial charge in [-0.05, 0) is 24.5 Å². The van der Waals surface area contributed by atoms with E-state index >= 15 is 0 Å². The number of carbonyl (C=O) groups is 1. The maximum Gasteiger partial charge on any atom is 0.183 e. The van der Waals surface area contributed by atoms with Crippen LogP contribution in [0.3, 0.4) is 0 Å². The van der Waals surface area contributed by atoms with Crippen molar-refractivity contribution >= 4 is 5.78 Å². The molecule has 15 heavy (non-hydrogen) atoms. The van der Waals surface area contributed by atoms with Crippen LogP contribution in [0.1, 0.15) is 22.3 Å². The molecule has 1 heterocycles. The minimum atomic E-state index is -0.550. The van der Waals surface area contributed by atoms with Gasteiger partial charge in [-0.2, -0.15) is 0 Å². The van der Waals surface area contributed by atoms with Gasteiger partial charge in [0.15, 0.2) is 5.78 Å². The first-order valence-electron chi connectivity index (χ1n) is 4.91. The van der Waals surface area contributed by atoms with Gasteiger partial charge in [-0.1, -0.05) is 6.07 Å². The molecule has 1 aliphatic rings. The fourth-order valence-electron chi connectivity index (χ4n) is 1.76. The molecule has 1 aromatic rings. The molecule has 0 bridgehead atoms. The molecule has 0 spiro atoms. The zero-order valence-corrected chi connectivity index (χ0v) is 8.25. The van der Waals surface area contributed by atoms with Crippen LogP contribution in [-0.2, 0) is 6.42 Å². The first kappa shape index (κ1) is 10.1. The second kappa shape index (κ2) is 3.98. The molecule has 0 aliphatic carbocycles. The summed E-state index contributed by atoms with van der Waals surface area (Å²) in [6.07, 6.45) is 1.72. The highest BCUT2D eigenvalue weighted by atomic mass is 19.1. The van der Waals surface area contributed by atoms with Crippen molar-refractivity contribution < 1.29 is 13.9 Å². The molecule has 2 N–H and O–H groups in total. The van der Waals surface area contributed by atoms with E-state index in [2.05, 4.69) is 0 Å². The molecule has 1 aliphatic heterocycles. The number of hydrogen-bond acceptors (Lipinski definition) is 3. The number of hydrogen-bond donors (Lipinski definition) is 1. The lowest BCUT2D eigenvalue weighted by Gasteiger charge is -2.19. The van der Waals surface area contributed by atoms with Crippen molar-refractivity contribution in [2.24, 2.45) is 5.73 Å². The first-order chi connectivity index (χ1) is 7.24. The highest BCUT2D eigenvalue weighted by Gasteiger charge is 2.22. The van der Waals surface area contributed by atoms with Crippen LogP contribution in [0.25, 0.3) is 0 Å². The SMILES string of the molecule is NCC(=O)c1c(F)ccc2c1OCCC2. The summed E-state index contributed by atoms with van der Waals surface area (Å²) < 4.78 is 18.8. The molecular weight excluding hydrogens is 197 g/mol. The van der Waals surface area contributed by atoms with Crippen LogP contribution in [-0.4, -0.2) is 18.9 Å². The molecule has 0 radical (unpaired) electrons. The monoisotopic (exact) mass is 209 g/mol. The fraction of sp³-hybridized carbons (Fsp3) is 0.364. The molecule has 4 heteroatoms. The molecular formula is C11H12FNO2. The molecule has 0 amide bonds. The quantitative estimate of drug-likeness (QED) is 0.747. The van der Waals surface area contributed by atoms with Gasteiger partial charge in [0, 0.05) is 0 Å². The summed E-state index contributed by atoms with van der Waals surface area (Å²) in [5, 5.41) is 0. The van der Waals surface area contributed by atoms with Gasteiger partial charge in [0.1, 0.15) is 11.6 Å². The molecule has 0 saturated carbocycles. The summed E-state index contributed by atoms with van der Waals surface area (Å²) in [5.41, 5.74) is 6.13. The van der Waals surface area contributed by atoms with Crippen LogP contribution in [0, 0.1) is 5.82 Å². The third kappa shape index (κ3) is 1.72. The van der Waals surface area contributed by atoms with Crippen molar-refractivity contribution in [3.63, 3.8) is 0 Å². The van der Waals surface area contributed by atoms with Gasteiger partial charge in [-0.15, -0.1) is 0 Å². The second-order valence-electron chi connectivity index (χ2n) is 3.49. The number of aryl methyl sites for hydroxylation is 1. The van der Waals surface area contributed by atoms with Crippen molar-refractivity contribution in [2.45, 2.75) is 12.8 Å². The van der Waals surface area contributed by atoms with Gasteiger partial charge in [0.05, 0.1) is 18.7 Å². The van der Waals surface area contributed by atoms with Crippen molar-refractivity contribution in [3.05, 3.63) is 29.1 Å². The number of carbonyl (C=O) groups excluding carboxylic acids is 1. The molecule has 0 atom stereocenters. The number of benzene rings is 1.